The number of nitrogens with zero attached hydrogens (tertiary/aromatic N) is 1. The largest absolute Gasteiger partial charge is 0.412 e. The van der Waals surface area contributed by atoms with E-state index >= 15 is 0 Å². The Morgan fingerprint density at radius 1 is 0.875 bits per heavy atom. The molecule has 0 bridgehead atoms. The molecule has 8 heavy (non-hydrogen) atoms. The van der Waals surface area contributed by atoms with E-state index in [0.717, 1.165) is 0 Å². The minimum Gasteiger partial charge on any atom is -0.412 e. The summed E-state index contributed by atoms with van der Waals surface area (Å²) in [5.74, 6) is 0. The summed E-state index contributed by atoms with van der Waals surface area (Å²) in [6.07, 6.45) is 3.50. The number of hydrogen-bond donors (Lipinski definition) is 1. The van der Waals surface area contributed by atoms with Gasteiger partial charge in [0.05, 0.1) is 0 Å². The van der Waals surface area contributed by atoms with Gasteiger partial charge >= 0.3 is 0 Å². The molecule has 0 unspecified atom stereocenters. The maximum Gasteiger partial charge on any atom is 0.0267 e. The SMILES string of the molecule is N.O.c1ccncc1. The van der Waals surface area contributed by atoms with Crippen molar-refractivity contribution in [2.24, 2.45) is 0 Å². The van der Waals surface area contributed by atoms with Crippen LogP contribution in [0.4, 0.5) is 0 Å². The van der Waals surface area contributed by atoms with Crippen LogP contribution in [0.2, 0.25) is 0 Å². The van der Waals surface area contributed by atoms with Crippen LogP contribution in [0.5, 0.6) is 0 Å². The van der Waals surface area contributed by atoms with Crippen molar-refractivity contribution >= 4 is 0 Å². The van der Waals surface area contributed by atoms with Crippen molar-refractivity contribution in [3.05, 3.63) is 30.6 Å². The summed E-state index contributed by atoms with van der Waals surface area (Å²) in [5.41, 5.74) is 0. The third-order valence-corrected chi connectivity index (χ3v) is 0.566. The van der Waals surface area contributed by atoms with Crippen LogP contribution < -0.4 is 6.15 Å². The molecule has 5 N–H and O–H groups in total. The Morgan fingerprint density at radius 3 is 1.50 bits per heavy atom. The van der Waals surface area contributed by atoms with Gasteiger partial charge in [0.15, 0.2) is 0 Å². The zero-order valence-corrected chi connectivity index (χ0v) is 4.54. The van der Waals surface area contributed by atoms with Gasteiger partial charge in [-0.25, -0.2) is 0 Å². The molecule has 1 rings (SSSR count). The van der Waals surface area contributed by atoms with Gasteiger partial charge in [0.2, 0.25) is 0 Å². The lowest BCUT2D eigenvalue weighted by Gasteiger charge is -1.70. The molecule has 1 heterocycles. The summed E-state index contributed by atoms with van der Waals surface area (Å²) in [5, 5.41) is 0. The monoisotopic (exact) mass is 114 g/mol. The Morgan fingerprint density at radius 2 is 1.38 bits per heavy atom. The summed E-state index contributed by atoms with van der Waals surface area (Å²) < 4.78 is 0. The van der Waals surface area contributed by atoms with Crippen LogP contribution >= 0.6 is 0 Å². The van der Waals surface area contributed by atoms with E-state index in [1.54, 1.807) is 12.4 Å². The minimum atomic E-state index is 0. The molecule has 3 nitrogen and oxygen atoms in total. The molecule has 46 valence electrons. The second kappa shape index (κ2) is 6.07. The van der Waals surface area contributed by atoms with Crippen LogP contribution in [0, 0.1) is 0 Å². The first kappa shape index (κ1) is 10.1. The molecule has 0 aliphatic heterocycles. The van der Waals surface area contributed by atoms with E-state index in [4.69, 9.17) is 0 Å². The molecule has 1 aromatic heterocycles. The highest BCUT2D eigenvalue weighted by atomic mass is 16.0. The number of aromatic nitrogens is 1. The van der Waals surface area contributed by atoms with E-state index < -0.39 is 0 Å². The van der Waals surface area contributed by atoms with Gasteiger partial charge in [-0.3, -0.25) is 4.98 Å². The normalized spacial score (nSPS) is 6.00. The van der Waals surface area contributed by atoms with Crippen LogP contribution in [0.3, 0.4) is 0 Å². The lowest BCUT2D eigenvalue weighted by Crippen LogP contribution is -1.58. The molecular formula is C5H10N2O. The third-order valence-electron chi connectivity index (χ3n) is 0.566. The van der Waals surface area contributed by atoms with Crippen molar-refractivity contribution in [3.63, 3.8) is 0 Å². The lowest BCUT2D eigenvalue weighted by molar-refractivity contribution is 0.824. The van der Waals surface area contributed by atoms with Crippen LogP contribution in [-0.4, -0.2) is 10.5 Å². The first-order chi connectivity index (χ1) is 3.00. The maximum atomic E-state index is 3.78. The van der Waals surface area contributed by atoms with Gasteiger partial charge in [0, 0.05) is 12.4 Å². The molecule has 0 fully saturated rings. The van der Waals surface area contributed by atoms with Crippen molar-refractivity contribution in [2.75, 3.05) is 0 Å². The summed E-state index contributed by atoms with van der Waals surface area (Å²) in [6.45, 7) is 0. The van der Waals surface area contributed by atoms with Gasteiger partial charge in [-0.2, -0.15) is 0 Å². The zero-order chi connectivity index (χ0) is 4.24. The molecule has 0 amide bonds. The molecule has 0 aromatic carbocycles. The molecule has 1 aromatic rings. The smallest absolute Gasteiger partial charge is 0.0267 e. The van der Waals surface area contributed by atoms with Crippen LogP contribution in [0.1, 0.15) is 0 Å². The minimum absolute atomic E-state index is 0. The first-order valence-electron chi connectivity index (χ1n) is 1.85. The molecular weight excluding hydrogens is 104 g/mol. The standard InChI is InChI=1S/C5H5N.H3N.H2O/c1-2-4-6-5-3-1;;/h1-5H;1H3;1H2. The molecule has 3 heteroatoms. The van der Waals surface area contributed by atoms with E-state index in [-0.39, 0.29) is 11.6 Å². The van der Waals surface area contributed by atoms with Gasteiger partial charge in [0.25, 0.3) is 0 Å². The van der Waals surface area contributed by atoms with Crippen molar-refractivity contribution in [1.82, 2.24) is 11.1 Å². The summed E-state index contributed by atoms with van der Waals surface area (Å²) >= 11 is 0. The molecule has 0 aliphatic carbocycles. The van der Waals surface area contributed by atoms with E-state index in [9.17, 15) is 0 Å². The predicted octanol–water partition coefficient (Wildman–Crippen LogP) is 0.419. The fourth-order valence-corrected chi connectivity index (χ4v) is 0.313. The Hall–Kier alpha value is -0.930. The first-order valence-corrected chi connectivity index (χ1v) is 1.85. The second-order valence-electron chi connectivity index (χ2n) is 1.02. The highest BCUT2D eigenvalue weighted by Gasteiger charge is 1.58. The van der Waals surface area contributed by atoms with E-state index in [2.05, 4.69) is 4.98 Å². The highest BCUT2D eigenvalue weighted by molar-refractivity contribution is 4.88. The molecule has 0 saturated carbocycles. The van der Waals surface area contributed by atoms with Crippen molar-refractivity contribution in [1.29, 1.82) is 0 Å². The molecule has 0 spiro atoms. The predicted molar refractivity (Wildman–Crippen MR) is 32.9 cm³/mol. The molecule has 0 atom stereocenters. The van der Waals surface area contributed by atoms with Gasteiger partial charge < -0.3 is 11.6 Å². The van der Waals surface area contributed by atoms with E-state index in [0.29, 0.717) is 0 Å². The average Bonchev–Trinajstić information content (AvgIpc) is 1.72. The van der Waals surface area contributed by atoms with Gasteiger partial charge in [-0.05, 0) is 12.1 Å². The Labute approximate surface area is 48.3 Å². The number of hydrogen-bond acceptors (Lipinski definition) is 2. The fraction of sp³-hybridized carbons (Fsp3) is 0. The summed E-state index contributed by atoms with van der Waals surface area (Å²) in [4.78, 5) is 3.78. The molecule has 0 saturated heterocycles. The fourth-order valence-electron chi connectivity index (χ4n) is 0.313. The third kappa shape index (κ3) is 3.27. The summed E-state index contributed by atoms with van der Waals surface area (Å²) in [7, 11) is 0. The zero-order valence-electron chi connectivity index (χ0n) is 4.54. The van der Waals surface area contributed by atoms with Crippen molar-refractivity contribution in [2.45, 2.75) is 0 Å². The second-order valence-corrected chi connectivity index (χ2v) is 1.02. The average molecular weight is 114 g/mol. The summed E-state index contributed by atoms with van der Waals surface area (Å²) in [6, 6.07) is 5.72. The van der Waals surface area contributed by atoms with Gasteiger partial charge in [-0.1, -0.05) is 6.07 Å². The van der Waals surface area contributed by atoms with Crippen molar-refractivity contribution < 1.29 is 5.48 Å². The topological polar surface area (TPSA) is 79.4 Å². The quantitative estimate of drug-likeness (QED) is 0.530. The highest BCUT2D eigenvalue weighted by Crippen LogP contribution is 1.73. The van der Waals surface area contributed by atoms with E-state index in [1.807, 2.05) is 18.2 Å². The Balaban J connectivity index is 0. The van der Waals surface area contributed by atoms with Crippen LogP contribution in [0.25, 0.3) is 0 Å². The molecule has 0 aliphatic rings. The van der Waals surface area contributed by atoms with Crippen LogP contribution in [-0.2, 0) is 0 Å². The van der Waals surface area contributed by atoms with E-state index in [1.165, 1.54) is 0 Å². The number of rotatable bonds is 0. The number of pyridine rings is 1. The Kier molecular flexibility index (Phi) is 7.69. The van der Waals surface area contributed by atoms with Gasteiger partial charge in [-0.15, -0.1) is 0 Å². The molecule has 0 radical (unpaired) electrons. The Bertz CT molecular complexity index is 82.4. The maximum absolute atomic E-state index is 3.78. The van der Waals surface area contributed by atoms with Crippen LogP contribution in [0.15, 0.2) is 30.6 Å². The van der Waals surface area contributed by atoms with Crippen molar-refractivity contribution in [3.8, 4) is 0 Å². The van der Waals surface area contributed by atoms with Gasteiger partial charge in [0.1, 0.15) is 0 Å². The lowest BCUT2D eigenvalue weighted by atomic mass is 10.5.